The summed E-state index contributed by atoms with van der Waals surface area (Å²) in [6.45, 7) is 5.91. The molecule has 2 nitrogen and oxygen atoms in total. The summed E-state index contributed by atoms with van der Waals surface area (Å²) in [5.41, 5.74) is 2.70. The van der Waals surface area contributed by atoms with E-state index in [0.717, 1.165) is 26.3 Å². The van der Waals surface area contributed by atoms with Crippen LogP contribution in [0.1, 0.15) is 5.56 Å². The van der Waals surface area contributed by atoms with E-state index in [1.165, 1.54) is 11.3 Å². The van der Waals surface area contributed by atoms with Crippen molar-refractivity contribution >= 4 is 5.69 Å². The minimum atomic E-state index is 0.855. The molecule has 0 aromatic heterocycles. The molecule has 0 bridgehead atoms. The quantitative estimate of drug-likeness (QED) is 0.649. The van der Waals surface area contributed by atoms with Gasteiger partial charge in [-0.05, 0) is 18.6 Å². The Bertz CT molecular complexity index is 279. The first-order valence-corrected chi connectivity index (χ1v) is 4.76. The van der Waals surface area contributed by atoms with Crippen LogP contribution in [0.15, 0.2) is 24.3 Å². The molecule has 1 aliphatic heterocycles. The summed E-state index contributed by atoms with van der Waals surface area (Å²) < 4.78 is 5.32. The van der Waals surface area contributed by atoms with Crippen LogP contribution in [0.2, 0.25) is 0 Å². The molecule has 1 heterocycles. The summed E-state index contributed by atoms with van der Waals surface area (Å²) in [5, 5.41) is 0. The van der Waals surface area contributed by atoms with Gasteiger partial charge in [0.05, 0.1) is 13.2 Å². The lowest BCUT2D eigenvalue weighted by atomic mass is 10.2. The number of ether oxygens (including phenoxy) is 1. The summed E-state index contributed by atoms with van der Waals surface area (Å²) >= 11 is 0. The second-order valence-electron chi connectivity index (χ2n) is 3.39. The third-order valence-electron chi connectivity index (χ3n) is 2.47. The van der Waals surface area contributed by atoms with E-state index in [9.17, 15) is 0 Å². The van der Waals surface area contributed by atoms with Crippen LogP contribution in [0.3, 0.4) is 0 Å². The average Bonchev–Trinajstić information content (AvgIpc) is 2.20. The maximum atomic E-state index is 5.32. The average molecular weight is 177 g/mol. The fraction of sp³-hybridized carbons (Fsp3) is 0.455. The molecule has 1 aromatic carbocycles. The van der Waals surface area contributed by atoms with Crippen LogP contribution in [-0.2, 0) is 4.74 Å². The zero-order valence-corrected chi connectivity index (χ0v) is 7.99. The molecule has 2 rings (SSSR count). The fourth-order valence-corrected chi connectivity index (χ4v) is 1.72. The summed E-state index contributed by atoms with van der Waals surface area (Å²) in [6.07, 6.45) is 0. The van der Waals surface area contributed by atoms with Crippen molar-refractivity contribution in [3.05, 3.63) is 29.8 Å². The van der Waals surface area contributed by atoms with Crippen molar-refractivity contribution < 1.29 is 4.74 Å². The highest BCUT2D eigenvalue weighted by molar-refractivity contribution is 5.53. The molecule has 2 heteroatoms. The van der Waals surface area contributed by atoms with Gasteiger partial charge in [-0.1, -0.05) is 18.2 Å². The van der Waals surface area contributed by atoms with E-state index in [0.29, 0.717) is 0 Å². The highest BCUT2D eigenvalue weighted by Gasteiger charge is 2.11. The number of nitrogens with zero attached hydrogens (tertiary/aromatic N) is 1. The van der Waals surface area contributed by atoms with E-state index in [2.05, 4.69) is 36.1 Å². The van der Waals surface area contributed by atoms with Crippen LogP contribution >= 0.6 is 0 Å². The lowest BCUT2D eigenvalue weighted by Crippen LogP contribution is -2.36. The molecule has 0 radical (unpaired) electrons. The maximum Gasteiger partial charge on any atom is 0.0642 e. The van der Waals surface area contributed by atoms with E-state index >= 15 is 0 Å². The molecule has 0 atom stereocenters. The molecule has 0 N–H and O–H groups in total. The molecule has 0 amide bonds. The molecule has 1 saturated heterocycles. The van der Waals surface area contributed by atoms with Gasteiger partial charge >= 0.3 is 0 Å². The number of benzene rings is 1. The zero-order chi connectivity index (χ0) is 9.10. The Balaban J connectivity index is 2.18. The van der Waals surface area contributed by atoms with Gasteiger partial charge in [0.1, 0.15) is 0 Å². The van der Waals surface area contributed by atoms with Gasteiger partial charge < -0.3 is 9.64 Å². The second kappa shape index (κ2) is 3.79. The Labute approximate surface area is 79.1 Å². The third-order valence-corrected chi connectivity index (χ3v) is 2.47. The first-order chi connectivity index (χ1) is 6.38. The van der Waals surface area contributed by atoms with Gasteiger partial charge in [0.25, 0.3) is 0 Å². The van der Waals surface area contributed by atoms with Gasteiger partial charge in [0, 0.05) is 18.8 Å². The molecule has 70 valence electrons. The third kappa shape index (κ3) is 1.83. The summed E-state index contributed by atoms with van der Waals surface area (Å²) in [4.78, 5) is 2.39. The van der Waals surface area contributed by atoms with Gasteiger partial charge in [0.15, 0.2) is 0 Å². The van der Waals surface area contributed by atoms with E-state index < -0.39 is 0 Å². The molecule has 0 unspecified atom stereocenters. The molecule has 13 heavy (non-hydrogen) atoms. The van der Waals surface area contributed by atoms with Crippen molar-refractivity contribution in [1.82, 2.24) is 0 Å². The zero-order valence-electron chi connectivity index (χ0n) is 7.99. The van der Waals surface area contributed by atoms with Gasteiger partial charge in [-0.15, -0.1) is 0 Å². The highest BCUT2D eigenvalue weighted by atomic mass is 16.5. The Morgan fingerprint density at radius 2 is 1.85 bits per heavy atom. The van der Waals surface area contributed by atoms with Crippen LogP contribution in [0.4, 0.5) is 5.69 Å². The van der Waals surface area contributed by atoms with E-state index in [1.807, 2.05) is 0 Å². The van der Waals surface area contributed by atoms with E-state index in [4.69, 9.17) is 4.74 Å². The van der Waals surface area contributed by atoms with Crippen LogP contribution in [0, 0.1) is 6.92 Å². The minimum absolute atomic E-state index is 0.855. The standard InChI is InChI=1S/C11H15NO/c1-10-4-2-3-5-11(10)12-6-8-13-9-7-12/h2-5H,6-9H2,1H3. The molecule has 0 aliphatic carbocycles. The summed E-state index contributed by atoms with van der Waals surface area (Å²) in [5.74, 6) is 0. The van der Waals surface area contributed by atoms with Crippen LogP contribution in [-0.4, -0.2) is 26.3 Å². The van der Waals surface area contributed by atoms with Gasteiger partial charge in [-0.2, -0.15) is 0 Å². The normalized spacial score (nSPS) is 17.5. The molecule has 0 saturated carbocycles. The SMILES string of the molecule is Cc1ccccc1N1CCOCC1. The van der Waals surface area contributed by atoms with E-state index in [1.54, 1.807) is 0 Å². The number of morpholine rings is 1. The lowest BCUT2D eigenvalue weighted by Gasteiger charge is -2.30. The number of hydrogen-bond acceptors (Lipinski definition) is 2. The topological polar surface area (TPSA) is 12.5 Å². The molecule has 1 aromatic rings. The number of hydrogen-bond donors (Lipinski definition) is 0. The Morgan fingerprint density at radius 1 is 1.15 bits per heavy atom. The molecular weight excluding hydrogens is 162 g/mol. The van der Waals surface area contributed by atoms with Crippen LogP contribution < -0.4 is 4.90 Å². The van der Waals surface area contributed by atoms with Crippen molar-refractivity contribution in [1.29, 1.82) is 0 Å². The van der Waals surface area contributed by atoms with Crippen molar-refractivity contribution in [3.63, 3.8) is 0 Å². The fourth-order valence-electron chi connectivity index (χ4n) is 1.72. The van der Waals surface area contributed by atoms with Crippen molar-refractivity contribution in [2.75, 3.05) is 31.2 Å². The van der Waals surface area contributed by atoms with Gasteiger partial charge in [0.2, 0.25) is 0 Å². The summed E-state index contributed by atoms with van der Waals surface area (Å²) in [7, 11) is 0. The smallest absolute Gasteiger partial charge is 0.0642 e. The molecule has 0 spiro atoms. The first kappa shape index (κ1) is 8.57. The Morgan fingerprint density at radius 3 is 2.54 bits per heavy atom. The van der Waals surface area contributed by atoms with Crippen LogP contribution in [0.5, 0.6) is 0 Å². The largest absolute Gasteiger partial charge is 0.378 e. The number of anilines is 1. The highest BCUT2D eigenvalue weighted by Crippen LogP contribution is 2.19. The van der Waals surface area contributed by atoms with Crippen molar-refractivity contribution in [2.24, 2.45) is 0 Å². The first-order valence-electron chi connectivity index (χ1n) is 4.76. The van der Waals surface area contributed by atoms with E-state index in [-0.39, 0.29) is 0 Å². The predicted octanol–water partition coefficient (Wildman–Crippen LogP) is 1.83. The van der Waals surface area contributed by atoms with Crippen molar-refractivity contribution in [2.45, 2.75) is 6.92 Å². The number of rotatable bonds is 1. The van der Waals surface area contributed by atoms with Gasteiger partial charge in [-0.3, -0.25) is 0 Å². The molecule has 1 fully saturated rings. The Hall–Kier alpha value is -1.02. The lowest BCUT2D eigenvalue weighted by molar-refractivity contribution is 0.122. The van der Waals surface area contributed by atoms with Crippen LogP contribution in [0.25, 0.3) is 0 Å². The van der Waals surface area contributed by atoms with Gasteiger partial charge in [-0.25, -0.2) is 0 Å². The maximum absolute atomic E-state index is 5.32. The van der Waals surface area contributed by atoms with Crippen molar-refractivity contribution in [3.8, 4) is 0 Å². The molecular formula is C11H15NO. The molecule has 1 aliphatic rings. The second-order valence-corrected chi connectivity index (χ2v) is 3.39. The Kier molecular flexibility index (Phi) is 2.50. The minimum Gasteiger partial charge on any atom is -0.378 e. The number of para-hydroxylation sites is 1. The predicted molar refractivity (Wildman–Crippen MR) is 54.2 cm³/mol. The number of aryl methyl sites for hydroxylation is 1. The monoisotopic (exact) mass is 177 g/mol. The summed E-state index contributed by atoms with van der Waals surface area (Å²) in [6, 6.07) is 8.52.